The van der Waals surface area contributed by atoms with Crippen LogP contribution in [0.25, 0.3) is 0 Å². The van der Waals surface area contributed by atoms with Gasteiger partial charge in [-0.3, -0.25) is 4.18 Å². The molecule has 1 rings (SSSR count). The van der Waals surface area contributed by atoms with Crippen LogP contribution in [-0.2, 0) is 21.3 Å². The van der Waals surface area contributed by atoms with Crippen LogP contribution in [0, 0.1) is 0 Å². The summed E-state index contributed by atoms with van der Waals surface area (Å²) < 4.78 is 27.3. The zero-order chi connectivity index (χ0) is 10.1. The van der Waals surface area contributed by atoms with Crippen molar-refractivity contribution in [1.82, 2.24) is 15.0 Å². The fraction of sp³-hybridized carbons (Fsp3) is 0.667. The van der Waals surface area contributed by atoms with Crippen molar-refractivity contribution in [2.45, 2.75) is 25.0 Å². The maximum Gasteiger partial charge on any atom is 0.318 e. The molecular weight excluding hydrogens is 194 g/mol. The van der Waals surface area contributed by atoms with Gasteiger partial charge in [0.2, 0.25) is 5.03 Å². The van der Waals surface area contributed by atoms with Crippen LogP contribution in [0.4, 0.5) is 0 Å². The largest absolute Gasteiger partial charge is 0.318 e. The molecule has 0 spiro atoms. The molecule has 0 aliphatic carbocycles. The lowest BCUT2D eigenvalue weighted by atomic mass is 10.5. The Morgan fingerprint density at radius 2 is 2.15 bits per heavy atom. The van der Waals surface area contributed by atoms with Crippen molar-refractivity contribution in [3.05, 3.63) is 6.20 Å². The normalized spacial score (nSPS) is 12.3. The first-order chi connectivity index (χ1) is 5.92. The Hall–Kier alpha value is -0.950. The Kier molecular flexibility index (Phi) is 2.67. The maximum atomic E-state index is 11.3. The van der Waals surface area contributed by atoms with E-state index in [4.69, 9.17) is 4.18 Å². The van der Waals surface area contributed by atoms with Gasteiger partial charge in [-0.15, -0.1) is 5.10 Å². The van der Waals surface area contributed by atoms with Crippen molar-refractivity contribution < 1.29 is 12.6 Å². The van der Waals surface area contributed by atoms with Gasteiger partial charge in [0.05, 0.1) is 12.3 Å². The molecule has 6 nitrogen and oxygen atoms in total. The van der Waals surface area contributed by atoms with Gasteiger partial charge < -0.3 is 0 Å². The molecule has 74 valence electrons. The summed E-state index contributed by atoms with van der Waals surface area (Å²) in [5.74, 6) is 0. The average Bonchev–Trinajstić information content (AvgIpc) is 2.32. The topological polar surface area (TPSA) is 74.1 Å². The van der Waals surface area contributed by atoms with E-state index in [2.05, 4.69) is 10.2 Å². The molecule has 0 saturated heterocycles. The van der Waals surface area contributed by atoms with Crippen LogP contribution in [0.2, 0.25) is 0 Å². The van der Waals surface area contributed by atoms with Gasteiger partial charge in [0.1, 0.15) is 0 Å². The van der Waals surface area contributed by atoms with E-state index >= 15 is 0 Å². The second-order valence-corrected chi connectivity index (χ2v) is 4.29. The van der Waals surface area contributed by atoms with Crippen molar-refractivity contribution in [1.29, 1.82) is 0 Å². The molecule has 0 radical (unpaired) electrons. The van der Waals surface area contributed by atoms with Crippen molar-refractivity contribution in [2.75, 3.05) is 0 Å². The zero-order valence-electron chi connectivity index (χ0n) is 7.63. The number of hydrogen-bond donors (Lipinski definition) is 0. The van der Waals surface area contributed by atoms with Crippen LogP contribution in [0.15, 0.2) is 11.2 Å². The third kappa shape index (κ3) is 2.49. The predicted octanol–water partition coefficient (Wildman–Crippen LogP) is -0.0712. The maximum absolute atomic E-state index is 11.3. The Bertz CT molecular complexity index is 382. The minimum absolute atomic E-state index is 0.163. The fourth-order valence-corrected chi connectivity index (χ4v) is 1.74. The molecular formula is C6H11N3O3S. The average molecular weight is 205 g/mol. The molecule has 0 aliphatic rings. The number of aromatic nitrogens is 3. The minimum atomic E-state index is -3.73. The quantitative estimate of drug-likeness (QED) is 0.646. The van der Waals surface area contributed by atoms with Crippen molar-refractivity contribution in [3.63, 3.8) is 0 Å². The van der Waals surface area contributed by atoms with Gasteiger partial charge in [0.15, 0.2) is 0 Å². The van der Waals surface area contributed by atoms with Gasteiger partial charge in [-0.1, -0.05) is 0 Å². The van der Waals surface area contributed by atoms with Gasteiger partial charge in [-0.05, 0) is 13.8 Å². The van der Waals surface area contributed by atoms with E-state index in [1.54, 1.807) is 13.8 Å². The van der Waals surface area contributed by atoms with Gasteiger partial charge in [0.25, 0.3) is 0 Å². The first-order valence-electron chi connectivity index (χ1n) is 3.71. The molecule has 13 heavy (non-hydrogen) atoms. The lowest BCUT2D eigenvalue weighted by molar-refractivity contribution is 0.247. The molecule has 0 saturated carbocycles. The van der Waals surface area contributed by atoms with Gasteiger partial charge in [0, 0.05) is 7.05 Å². The Labute approximate surface area is 76.6 Å². The highest BCUT2D eigenvalue weighted by Gasteiger charge is 2.20. The second kappa shape index (κ2) is 3.43. The molecule has 0 aromatic carbocycles. The molecule has 1 aromatic rings. The molecule has 1 heterocycles. The molecule has 0 fully saturated rings. The highest BCUT2D eigenvalue weighted by atomic mass is 32.2. The van der Waals surface area contributed by atoms with Crippen molar-refractivity contribution in [2.24, 2.45) is 7.05 Å². The number of nitrogens with zero attached hydrogens (tertiary/aromatic N) is 3. The standard InChI is InChI=1S/C6H11N3O3S/c1-5(2)12-13(10,11)6-4-7-9(3)8-6/h4-5H,1-3H3. The van der Waals surface area contributed by atoms with Crippen LogP contribution in [0.1, 0.15) is 13.8 Å². The summed E-state index contributed by atoms with van der Waals surface area (Å²) in [5, 5.41) is 7.10. The highest BCUT2D eigenvalue weighted by molar-refractivity contribution is 7.86. The SMILES string of the molecule is CC(C)OS(=O)(=O)c1cnn(C)n1. The van der Waals surface area contributed by atoms with Gasteiger partial charge in [-0.25, -0.2) is 0 Å². The minimum Gasteiger partial charge on any atom is -0.262 e. The monoisotopic (exact) mass is 205 g/mol. The fourth-order valence-electron chi connectivity index (χ4n) is 0.744. The third-order valence-electron chi connectivity index (χ3n) is 1.15. The molecule has 1 aromatic heterocycles. The zero-order valence-corrected chi connectivity index (χ0v) is 8.45. The number of hydrogen-bond acceptors (Lipinski definition) is 5. The van der Waals surface area contributed by atoms with Gasteiger partial charge in [-0.2, -0.15) is 18.3 Å². The summed E-state index contributed by atoms with van der Waals surface area (Å²) in [4.78, 5) is 1.16. The van der Waals surface area contributed by atoms with Crippen LogP contribution in [0.5, 0.6) is 0 Å². The summed E-state index contributed by atoms with van der Waals surface area (Å²) in [7, 11) is -2.20. The Morgan fingerprint density at radius 1 is 1.54 bits per heavy atom. The Morgan fingerprint density at radius 3 is 2.54 bits per heavy atom. The Balaban J connectivity index is 2.95. The molecule has 0 aliphatic heterocycles. The molecule has 0 N–H and O–H groups in total. The third-order valence-corrected chi connectivity index (χ3v) is 2.49. The van der Waals surface area contributed by atoms with Crippen molar-refractivity contribution >= 4 is 10.1 Å². The van der Waals surface area contributed by atoms with E-state index in [-0.39, 0.29) is 5.03 Å². The van der Waals surface area contributed by atoms with Crippen LogP contribution >= 0.6 is 0 Å². The molecule has 0 bridgehead atoms. The van der Waals surface area contributed by atoms with Crippen LogP contribution in [0.3, 0.4) is 0 Å². The number of rotatable bonds is 3. The summed E-state index contributed by atoms with van der Waals surface area (Å²) in [5.41, 5.74) is 0. The summed E-state index contributed by atoms with van der Waals surface area (Å²) in [6.45, 7) is 3.27. The predicted molar refractivity (Wildman–Crippen MR) is 44.4 cm³/mol. The van der Waals surface area contributed by atoms with E-state index in [9.17, 15) is 8.42 Å². The summed E-state index contributed by atoms with van der Waals surface area (Å²) in [6, 6.07) is 0. The van der Waals surface area contributed by atoms with E-state index in [1.807, 2.05) is 0 Å². The molecule has 0 amide bonds. The molecule has 0 atom stereocenters. The van der Waals surface area contributed by atoms with Gasteiger partial charge >= 0.3 is 10.1 Å². The first-order valence-corrected chi connectivity index (χ1v) is 5.12. The lowest BCUT2D eigenvalue weighted by Gasteiger charge is -2.04. The van der Waals surface area contributed by atoms with Crippen molar-refractivity contribution in [3.8, 4) is 0 Å². The van der Waals surface area contributed by atoms with E-state index in [0.29, 0.717) is 0 Å². The number of aryl methyl sites for hydroxylation is 1. The summed E-state index contributed by atoms with van der Waals surface area (Å²) in [6.07, 6.45) is 0.754. The van der Waals surface area contributed by atoms with Crippen LogP contribution in [-0.4, -0.2) is 29.5 Å². The smallest absolute Gasteiger partial charge is 0.262 e. The van der Waals surface area contributed by atoms with E-state index < -0.39 is 16.2 Å². The second-order valence-electron chi connectivity index (χ2n) is 2.77. The summed E-state index contributed by atoms with van der Waals surface area (Å²) >= 11 is 0. The first kappa shape index (κ1) is 10.1. The van der Waals surface area contributed by atoms with E-state index in [0.717, 1.165) is 11.0 Å². The van der Waals surface area contributed by atoms with E-state index in [1.165, 1.54) is 7.05 Å². The lowest BCUT2D eigenvalue weighted by Crippen LogP contribution is -2.13. The molecule has 7 heteroatoms. The molecule has 0 unspecified atom stereocenters. The van der Waals surface area contributed by atoms with Crippen LogP contribution < -0.4 is 0 Å². The highest BCUT2D eigenvalue weighted by Crippen LogP contribution is 2.09.